The second kappa shape index (κ2) is 8.48. The molecule has 0 radical (unpaired) electrons. The van der Waals surface area contributed by atoms with Crippen LogP contribution in [0.4, 0.5) is 0 Å². The summed E-state index contributed by atoms with van der Waals surface area (Å²) in [5.41, 5.74) is 0.00736. The van der Waals surface area contributed by atoms with Gasteiger partial charge in [-0.2, -0.15) is 0 Å². The van der Waals surface area contributed by atoms with E-state index >= 15 is 0 Å². The SMILES string of the molecule is C=CC(=O)OC(CC)C(C)(C)C.CNC. The van der Waals surface area contributed by atoms with Crippen molar-refractivity contribution in [3.63, 3.8) is 0 Å². The molecule has 0 aliphatic carbocycles. The van der Waals surface area contributed by atoms with Crippen LogP contribution in [0.5, 0.6) is 0 Å². The van der Waals surface area contributed by atoms with E-state index in [-0.39, 0.29) is 17.5 Å². The summed E-state index contributed by atoms with van der Waals surface area (Å²) in [7, 11) is 3.75. The number of rotatable bonds is 3. The lowest BCUT2D eigenvalue weighted by Crippen LogP contribution is -2.30. The number of ether oxygens (including phenoxy) is 1. The van der Waals surface area contributed by atoms with Crippen LogP contribution in [-0.2, 0) is 9.53 Å². The molecule has 0 aliphatic heterocycles. The molecular formula is C12H25NO2. The Morgan fingerprint density at radius 3 is 2.07 bits per heavy atom. The van der Waals surface area contributed by atoms with Crippen LogP contribution in [0, 0.1) is 5.41 Å². The van der Waals surface area contributed by atoms with Crippen LogP contribution in [0.25, 0.3) is 0 Å². The zero-order valence-corrected chi connectivity index (χ0v) is 10.9. The summed E-state index contributed by atoms with van der Waals surface area (Å²) < 4.78 is 5.16. The first-order chi connectivity index (χ1) is 6.83. The fourth-order valence-corrected chi connectivity index (χ4v) is 1.06. The number of carbonyl (C=O) groups excluding carboxylic acids is 1. The third kappa shape index (κ3) is 9.47. The third-order valence-corrected chi connectivity index (χ3v) is 1.76. The maximum atomic E-state index is 10.9. The average Bonchev–Trinajstić information content (AvgIpc) is 2.13. The summed E-state index contributed by atoms with van der Waals surface area (Å²) >= 11 is 0. The van der Waals surface area contributed by atoms with Crippen molar-refractivity contribution >= 4 is 5.97 Å². The van der Waals surface area contributed by atoms with Crippen molar-refractivity contribution in [3.8, 4) is 0 Å². The van der Waals surface area contributed by atoms with Crippen molar-refractivity contribution in [1.29, 1.82) is 0 Å². The maximum Gasteiger partial charge on any atom is 0.330 e. The lowest BCUT2D eigenvalue weighted by atomic mass is 9.87. The van der Waals surface area contributed by atoms with Crippen LogP contribution in [-0.4, -0.2) is 26.2 Å². The summed E-state index contributed by atoms with van der Waals surface area (Å²) in [6.07, 6.45) is 2.01. The Balaban J connectivity index is 0. The molecule has 0 rings (SSSR count). The minimum Gasteiger partial charge on any atom is -0.459 e. The molecule has 0 amide bonds. The first-order valence-electron chi connectivity index (χ1n) is 5.24. The summed E-state index contributed by atoms with van der Waals surface area (Å²) in [5, 5.41) is 2.75. The Morgan fingerprint density at radius 1 is 1.47 bits per heavy atom. The first kappa shape index (κ1) is 16.6. The molecule has 0 saturated heterocycles. The van der Waals surface area contributed by atoms with Crippen LogP contribution < -0.4 is 5.32 Å². The molecule has 0 aromatic carbocycles. The van der Waals surface area contributed by atoms with E-state index in [1.165, 1.54) is 6.08 Å². The van der Waals surface area contributed by atoms with Gasteiger partial charge >= 0.3 is 5.97 Å². The van der Waals surface area contributed by atoms with Crippen molar-refractivity contribution in [1.82, 2.24) is 5.32 Å². The third-order valence-electron chi connectivity index (χ3n) is 1.76. The Bertz CT molecular complexity index is 183. The van der Waals surface area contributed by atoms with E-state index in [1.807, 2.05) is 21.0 Å². The van der Waals surface area contributed by atoms with Gasteiger partial charge in [0.15, 0.2) is 0 Å². The molecule has 15 heavy (non-hydrogen) atoms. The van der Waals surface area contributed by atoms with Gasteiger partial charge in [0.2, 0.25) is 0 Å². The normalized spacial score (nSPS) is 12.1. The predicted octanol–water partition coefficient (Wildman–Crippen LogP) is 2.38. The fourth-order valence-electron chi connectivity index (χ4n) is 1.06. The van der Waals surface area contributed by atoms with Gasteiger partial charge in [0.1, 0.15) is 6.10 Å². The molecule has 1 N–H and O–H groups in total. The van der Waals surface area contributed by atoms with Crippen LogP contribution in [0.3, 0.4) is 0 Å². The van der Waals surface area contributed by atoms with Gasteiger partial charge in [-0.15, -0.1) is 0 Å². The van der Waals surface area contributed by atoms with Crippen molar-refractivity contribution in [3.05, 3.63) is 12.7 Å². The van der Waals surface area contributed by atoms with Crippen LogP contribution >= 0.6 is 0 Å². The van der Waals surface area contributed by atoms with Gasteiger partial charge in [0.25, 0.3) is 0 Å². The molecule has 0 aliphatic rings. The Hall–Kier alpha value is -0.830. The maximum absolute atomic E-state index is 10.9. The second-order valence-corrected chi connectivity index (χ2v) is 4.40. The molecule has 3 heteroatoms. The number of hydrogen-bond acceptors (Lipinski definition) is 3. The molecule has 0 heterocycles. The van der Waals surface area contributed by atoms with Gasteiger partial charge in [0, 0.05) is 6.08 Å². The molecule has 0 aromatic rings. The van der Waals surface area contributed by atoms with E-state index in [0.717, 1.165) is 6.42 Å². The molecular weight excluding hydrogens is 190 g/mol. The Morgan fingerprint density at radius 2 is 1.87 bits per heavy atom. The molecule has 0 fully saturated rings. The van der Waals surface area contributed by atoms with E-state index in [2.05, 4.69) is 32.7 Å². The van der Waals surface area contributed by atoms with E-state index in [4.69, 9.17) is 4.74 Å². The molecule has 90 valence electrons. The molecule has 0 bridgehead atoms. The standard InChI is InChI=1S/C10H18O2.C2H7N/c1-6-8(10(3,4)5)12-9(11)7-2;1-3-2/h7-8H,2,6H2,1,3-5H3;3H,1-2H3. The fraction of sp³-hybridized carbons (Fsp3) is 0.750. The molecule has 1 atom stereocenters. The number of hydrogen-bond donors (Lipinski definition) is 1. The van der Waals surface area contributed by atoms with Gasteiger partial charge in [-0.05, 0) is 25.9 Å². The smallest absolute Gasteiger partial charge is 0.330 e. The lowest BCUT2D eigenvalue weighted by Gasteiger charge is -2.28. The predicted molar refractivity (Wildman–Crippen MR) is 64.8 cm³/mol. The molecule has 0 spiro atoms. The molecule has 1 unspecified atom stereocenters. The van der Waals surface area contributed by atoms with E-state index in [9.17, 15) is 4.79 Å². The van der Waals surface area contributed by atoms with Gasteiger partial charge in [-0.25, -0.2) is 4.79 Å². The highest BCUT2D eigenvalue weighted by Gasteiger charge is 2.25. The van der Waals surface area contributed by atoms with E-state index in [1.54, 1.807) is 0 Å². The zero-order valence-electron chi connectivity index (χ0n) is 10.9. The second-order valence-electron chi connectivity index (χ2n) is 4.40. The average molecular weight is 215 g/mol. The quantitative estimate of drug-likeness (QED) is 0.580. The minimum absolute atomic E-state index is 0.00736. The lowest BCUT2D eigenvalue weighted by molar-refractivity contribution is -0.148. The van der Waals surface area contributed by atoms with Crippen molar-refractivity contribution in [2.45, 2.75) is 40.2 Å². The molecule has 3 nitrogen and oxygen atoms in total. The zero-order chi connectivity index (χ0) is 12.5. The number of nitrogens with one attached hydrogen (secondary N) is 1. The van der Waals surface area contributed by atoms with Crippen molar-refractivity contribution in [2.75, 3.05) is 14.1 Å². The Labute approximate surface area is 93.9 Å². The minimum atomic E-state index is -0.336. The topological polar surface area (TPSA) is 38.3 Å². The monoisotopic (exact) mass is 215 g/mol. The van der Waals surface area contributed by atoms with E-state index in [0.29, 0.717) is 0 Å². The van der Waals surface area contributed by atoms with E-state index < -0.39 is 0 Å². The molecule has 0 aromatic heterocycles. The largest absolute Gasteiger partial charge is 0.459 e. The number of esters is 1. The summed E-state index contributed by atoms with van der Waals surface area (Å²) in [5.74, 6) is -0.336. The van der Waals surface area contributed by atoms with Crippen molar-refractivity contribution in [2.24, 2.45) is 5.41 Å². The summed E-state index contributed by atoms with van der Waals surface area (Å²) in [4.78, 5) is 10.9. The van der Waals surface area contributed by atoms with Gasteiger partial charge in [-0.1, -0.05) is 34.3 Å². The Kier molecular flexibility index (Phi) is 9.38. The van der Waals surface area contributed by atoms with Crippen LogP contribution in [0.15, 0.2) is 12.7 Å². The van der Waals surface area contributed by atoms with Gasteiger partial charge in [-0.3, -0.25) is 0 Å². The number of carbonyl (C=O) groups is 1. The van der Waals surface area contributed by atoms with Crippen molar-refractivity contribution < 1.29 is 9.53 Å². The highest BCUT2D eigenvalue weighted by Crippen LogP contribution is 2.24. The highest BCUT2D eigenvalue weighted by atomic mass is 16.5. The van der Waals surface area contributed by atoms with Gasteiger partial charge in [0.05, 0.1) is 0 Å². The summed E-state index contributed by atoms with van der Waals surface area (Å²) in [6.45, 7) is 11.5. The highest BCUT2D eigenvalue weighted by molar-refractivity contribution is 5.81. The van der Waals surface area contributed by atoms with Crippen LogP contribution in [0.1, 0.15) is 34.1 Å². The van der Waals surface area contributed by atoms with Crippen LogP contribution in [0.2, 0.25) is 0 Å². The summed E-state index contributed by atoms with van der Waals surface area (Å²) in [6, 6.07) is 0. The first-order valence-corrected chi connectivity index (χ1v) is 5.24. The molecule has 0 saturated carbocycles. The van der Waals surface area contributed by atoms with Gasteiger partial charge < -0.3 is 10.1 Å².